The van der Waals surface area contributed by atoms with Crippen molar-refractivity contribution in [3.8, 4) is 5.75 Å². The van der Waals surface area contributed by atoms with Crippen LogP contribution in [0, 0.1) is 0 Å². The van der Waals surface area contributed by atoms with Crippen LogP contribution in [-0.4, -0.2) is 11.9 Å². The molecule has 0 bridgehead atoms. The minimum atomic E-state index is -0.0295. The summed E-state index contributed by atoms with van der Waals surface area (Å²) in [6.45, 7) is 3.96. The molecular weight excluding hydrogens is 260 g/mol. The summed E-state index contributed by atoms with van der Waals surface area (Å²) in [6, 6.07) is 15.8. The third kappa shape index (κ3) is 2.71. The summed E-state index contributed by atoms with van der Waals surface area (Å²) in [5.41, 5.74) is 3.19. The van der Waals surface area contributed by atoms with Gasteiger partial charge < -0.3 is 4.74 Å². The molecule has 21 heavy (non-hydrogen) atoms. The number of aryl methyl sites for hydroxylation is 1. The highest BCUT2D eigenvalue weighted by molar-refractivity contribution is 6.03. The minimum Gasteiger partial charge on any atom is -0.490 e. The van der Waals surface area contributed by atoms with Crippen molar-refractivity contribution < 1.29 is 9.53 Å². The summed E-state index contributed by atoms with van der Waals surface area (Å²) in [6.07, 6.45) is 1.95. The molecule has 0 aromatic heterocycles. The molecule has 0 N–H and O–H groups in total. The van der Waals surface area contributed by atoms with Gasteiger partial charge in [0.15, 0.2) is 5.78 Å². The standard InChI is InChI=1S/C19H20O2/c1-13(2)21-18-10-6-5-9-17(18)19(20)16-12-11-14-7-3-4-8-15(14)16/h3-10,13,16H,11-12H2,1-2H3. The maximum absolute atomic E-state index is 12.9. The Hall–Kier alpha value is -2.09. The van der Waals surface area contributed by atoms with Gasteiger partial charge in [0, 0.05) is 5.92 Å². The zero-order valence-corrected chi connectivity index (χ0v) is 12.5. The summed E-state index contributed by atoms with van der Waals surface area (Å²) in [7, 11) is 0. The average Bonchev–Trinajstić information content (AvgIpc) is 2.90. The van der Waals surface area contributed by atoms with E-state index in [-0.39, 0.29) is 17.8 Å². The third-order valence-electron chi connectivity index (χ3n) is 3.96. The Morgan fingerprint density at radius 1 is 1.10 bits per heavy atom. The Labute approximate surface area is 125 Å². The van der Waals surface area contributed by atoms with Crippen LogP contribution in [0.15, 0.2) is 48.5 Å². The lowest BCUT2D eigenvalue weighted by atomic mass is 9.92. The Balaban J connectivity index is 1.94. The molecule has 1 unspecified atom stereocenters. The molecule has 0 radical (unpaired) electrons. The fourth-order valence-electron chi connectivity index (χ4n) is 3.04. The molecule has 0 spiro atoms. The fraction of sp³-hybridized carbons (Fsp3) is 0.316. The molecule has 108 valence electrons. The van der Waals surface area contributed by atoms with Gasteiger partial charge in [0.2, 0.25) is 0 Å². The number of Topliss-reactive ketones (excluding diaryl/α,β-unsaturated/α-hetero) is 1. The first kappa shape index (κ1) is 13.9. The van der Waals surface area contributed by atoms with Crippen molar-refractivity contribution >= 4 is 5.78 Å². The lowest BCUT2D eigenvalue weighted by molar-refractivity contribution is 0.0954. The van der Waals surface area contributed by atoms with E-state index in [4.69, 9.17) is 4.74 Å². The zero-order chi connectivity index (χ0) is 14.8. The van der Waals surface area contributed by atoms with Gasteiger partial charge in [0.1, 0.15) is 5.75 Å². The molecule has 0 amide bonds. The number of benzene rings is 2. The Morgan fingerprint density at radius 2 is 1.81 bits per heavy atom. The van der Waals surface area contributed by atoms with Crippen molar-refractivity contribution in [2.24, 2.45) is 0 Å². The van der Waals surface area contributed by atoms with Crippen molar-refractivity contribution in [3.63, 3.8) is 0 Å². The van der Waals surface area contributed by atoms with Crippen molar-refractivity contribution in [1.82, 2.24) is 0 Å². The molecule has 1 aliphatic carbocycles. The molecule has 1 atom stereocenters. The maximum Gasteiger partial charge on any atom is 0.174 e. The molecule has 2 heteroatoms. The second-order valence-electron chi connectivity index (χ2n) is 5.82. The van der Waals surface area contributed by atoms with E-state index in [2.05, 4.69) is 12.1 Å². The predicted molar refractivity (Wildman–Crippen MR) is 84.0 cm³/mol. The van der Waals surface area contributed by atoms with Crippen LogP contribution in [0.5, 0.6) is 5.75 Å². The number of ketones is 1. The Bertz CT molecular complexity index is 658. The van der Waals surface area contributed by atoms with Crippen molar-refractivity contribution in [3.05, 3.63) is 65.2 Å². The lowest BCUT2D eigenvalue weighted by Gasteiger charge is -2.16. The molecule has 3 rings (SSSR count). The van der Waals surface area contributed by atoms with Crippen LogP contribution in [0.2, 0.25) is 0 Å². The molecule has 2 aromatic rings. The number of ether oxygens (including phenoxy) is 1. The van der Waals surface area contributed by atoms with Crippen LogP contribution in [0.3, 0.4) is 0 Å². The van der Waals surface area contributed by atoms with E-state index >= 15 is 0 Å². The molecule has 2 aromatic carbocycles. The van der Waals surface area contributed by atoms with E-state index < -0.39 is 0 Å². The molecule has 1 aliphatic rings. The fourth-order valence-corrected chi connectivity index (χ4v) is 3.04. The molecule has 2 nitrogen and oxygen atoms in total. The van der Waals surface area contributed by atoms with Gasteiger partial charge in [-0.2, -0.15) is 0 Å². The Kier molecular flexibility index (Phi) is 3.78. The second-order valence-corrected chi connectivity index (χ2v) is 5.82. The van der Waals surface area contributed by atoms with E-state index in [9.17, 15) is 4.79 Å². The van der Waals surface area contributed by atoms with Crippen LogP contribution in [0.1, 0.15) is 47.7 Å². The van der Waals surface area contributed by atoms with Gasteiger partial charge in [-0.25, -0.2) is 0 Å². The smallest absolute Gasteiger partial charge is 0.174 e. The third-order valence-corrected chi connectivity index (χ3v) is 3.96. The van der Waals surface area contributed by atoms with Crippen molar-refractivity contribution in [2.45, 2.75) is 38.7 Å². The first-order valence-corrected chi connectivity index (χ1v) is 7.54. The number of carbonyl (C=O) groups is 1. The van der Waals surface area contributed by atoms with Crippen molar-refractivity contribution in [2.75, 3.05) is 0 Å². The van der Waals surface area contributed by atoms with E-state index in [0.29, 0.717) is 11.3 Å². The summed E-state index contributed by atoms with van der Waals surface area (Å²) >= 11 is 0. The number of para-hydroxylation sites is 1. The van der Waals surface area contributed by atoms with Gasteiger partial charge in [-0.05, 0) is 49.9 Å². The van der Waals surface area contributed by atoms with Gasteiger partial charge in [-0.1, -0.05) is 36.4 Å². The van der Waals surface area contributed by atoms with E-state index in [1.807, 2.05) is 50.2 Å². The number of fused-ring (bicyclic) bond motifs is 1. The van der Waals surface area contributed by atoms with Gasteiger partial charge >= 0.3 is 0 Å². The van der Waals surface area contributed by atoms with Gasteiger partial charge in [0.25, 0.3) is 0 Å². The lowest BCUT2D eigenvalue weighted by Crippen LogP contribution is -2.14. The van der Waals surface area contributed by atoms with E-state index in [0.717, 1.165) is 12.8 Å². The highest BCUT2D eigenvalue weighted by atomic mass is 16.5. The summed E-state index contributed by atoms with van der Waals surface area (Å²) in [5, 5.41) is 0. The molecule has 0 fully saturated rings. The van der Waals surface area contributed by atoms with E-state index in [1.54, 1.807) is 0 Å². The average molecular weight is 280 g/mol. The van der Waals surface area contributed by atoms with Crippen LogP contribution in [0.4, 0.5) is 0 Å². The van der Waals surface area contributed by atoms with Crippen molar-refractivity contribution in [1.29, 1.82) is 0 Å². The summed E-state index contributed by atoms with van der Waals surface area (Å²) < 4.78 is 5.79. The minimum absolute atomic E-state index is 0.0295. The summed E-state index contributed by atoms with van der Waals surface area (Å²) in [4.78, 5) is 12.9. The Morgan fingerprint density at radius 3 is 2.62 bits per heavy atom. The quantitative estimate of drug-likeness (QED) is 0.777. The number of carbonyl (C=O) groups excluding carboxylic acids is 1. The summed E-state index contributed by atoms with van der Waals surface area (Å²) in [5.74, 6) is 0.844. The van der Waals surface area contributed by atoms with Gasteiger partial charge in [-0.3, -0.25) is 4.79 Å². The monoisotopic (exact) mass is 280 g/mol. The maximum atomic E-state index is 12.9. The SMILES string of the molecule is CC(C)Oc1ccccc1C(=O)C1CCc2ccccc21. The normalized spacial score (nSPS) is 16.8. The topological polar surface area (TPSA) is 26.3 Å². The molecule has 0 heterocycles. The number of hydrogen-bond acceptors (Lipinski definition) is 2. The predicted octanol–water partition coefficient (Wildman–Crippen LogP) is 4.39. The first-order valence-electron chi connectivity index (χ1n) is 7.54. The van der Waals surface area contributed by atoms with Crippen LogP contribution < -0.4 is 4.74 Å². The number of hydrogen-bond donors (Lipinski definition) is 0. The van der Waals surface area contributed by atoms with Crippen LogP contribution in [0.25, 0.3) is 0 Å². The second kappa shape index (κ2) is 5.72. The zero-order valence-electron chi connectivity index (χ0n) is 12.5. The highest BCUT2D eigenvalue weighted by Gasteiger charge is 2.30. The van der Waals surface area contributed by atoms with Gasteiger partial charge in [-0.15, -0.1) is 0 Å². The number of rotatable bonds is 4. The molecule has 0 saturated heterocycles. The molecule has 0 saturated carbocycles. The van der Waals surface area contributed by atoms with Gasteiger partial charge in [0.05, 0.1) is 11.7 Å². The highest BCUT2D eigenvalue weighted by Crippen LogP contribution is 2.37. The largest absolute Gasteiger partial charge is 0.490 e. The molecular formula is C19H20O2. The van der Waals surface area contributed by atoms with Crippen LogP contribution in [-0.2, 0) is 6.42 Å². The van der Waals surface area contributed by atoms with E-state index in [1.165, 1.54) is 11.1 Å². The first-order chi connectivity index (χ1) is 10.2. The molecule has 0 aliphatic heterocycles. The van der Waals surface area contributed by atoms with Crippen LogP contribution >= 0.6 is 0 Å².